The largest absolute Gasteiger partial charge is 0.511 e. The predicted molar refractivity (Wildman–Crippen MR) is 204 cm³/mol. The number of likely N-dealkylation sites (N-methyl/N-ethyl adjacent to an activating group) is 1. The van der Waals surface area contributed by atoms with Crippen LogP contribution in [0.2, 0.25) is 0 Å². The molecule has 1 aliphatic rings. The summed E-state index contributed by atoms with van der Waals surface area (Å²) in [4.78, 5) is 62.1. The van der Waals surface area contributed by atoms with Gasteiger partial charge in [0.15, 0.2) is 11.9 Å². The summed E-state index contributed by atoms with van der Waals surface area (Å²) in [5.41, 5.74) is -5.64. The maximum absolute atomic E-state index is 14.2. The number of hydrogen-bond acceptors (Lipinski definition) is 10. The van der Waals surface area contributed by atoms with Crippen molar-refractivity contribution in [1.29, 1.82) is 0 Å². The van der Waals surface area contributed by atoms with Gasteiger partial charge in [0.05, 0.1) is 5.54 Å². The number of thiazole rings is 1. The molecule has 0 bridgehead atoms. The Morgan fingerprint density at radius 3 is 2.29 bits per heavy atom. The van der Waals surface area contributed by atoms with Gasteiger partial charge >= 0.3 is 21.6 Å². The van der Waals surface area contributed by atoms with Gasteiger partial charge < -0.3 is 20.3 Å². The van der Waals surface area contributed by atoms with E-state index in [1.165, 1.54) is 10.1 Å². The number of hydrogen-bond donors (Lipinski definition) is 3. The summed E-state index contributed by atoms with van der Waals surface area (Å²) in [6.45, 7) is 11.7. The van der Waals surface area contributed by atoms with Crippen LogP contribution in [-0.4, -0.2) is 104 Å². The van der Waals surface area contributed by atoms with Crippen molar-refractivity contribution in [2.24, 2.45) is 17.8 Å². The number of ketones is 1. The Kier molecular flexibility index (Phi) is 16.2. The average molecular weight is 817 g/mol. The van der Waals surface area contributed by atoms with Gasteiger partial charge in [-0.15, -0.1) is 11.3 Å². The molecule has 0 unspecified atom stereocenters. The first-order valence-electron chi connectivity index (χ1n) is 18.5. The number of Topliss-reactive ketones (excluding diaryl/α,β-unsaturated/α-hetero) is 1. The van der Waals surface area contributed by atoms with Crippen LogP contribution in [0.5, 0.6) is 0 Å². The Balaban J connectivity index is 1.87. The lowest BCUT2D eigenvalue weighted by atomic mass is 9.76. The molecule has 0 radical (unpaired) electrons. The third-order valence-electron chi connectivity index (χ3n) is 10.6. The topological polar surface area (TPSA) is 167 Å². The second kappa shape index (κ2) is 19.5. The number of nitrogens with one attached hydrogen (secondary N) is 3. The van der Waals surface area contributed by atoms with Crippen molar-refractivity contribution in [3.05, 3.63) is 52.0 Å². The Bertz CT molecular complexity index is 1730. The second-order valence-corrected chi connectivity index (χ2v) is 17.4. The van der Waals surface area contributed by atoms with Crippen molar-refractivity contribution in [2.45, 2.75) is 103 Å². The van der Waals surface area contributed by atoms with Crippen LogP contribution in [0.1, 0.15) is 94.4 Å². The summed E-state index contributed by atoms with van der Waals surface area (Å²) in [5, 5.41) is 6.80. The Morgan fingerprint density at radius 2 is 1.76 bits per heavy atom. The molecule has 6 atom stereocenters. The van der Waals surface area contributed by atoms with Gasteiger partial charge in [0.1, 0.15) is 10.7 Å². The van der Waals surface area contributed by atoms with E-state index in [0.717, 1.165) is 24.3 Å². The van der Waals surface area contributed by atoms with Gasteiger partial charge in [0.2, 0.25) is 5.91 Å². The first kappa shape index (κ1) is 45.8. The van der Waals surface area contributed by atoms with Gasteiger partial charge in [-0.05, 0) is 51.1 Å². The molecule has 55 heavy (non-hydrogen) atoms. The summed E-state index contributed by atoms with van der Waals surface area (Å²) in [6.07, 6.45) is -0.159. The second-order valence-electron chi connectivity index (χ2n) is 14.7. The minimum Gasteiger partial charge on any atom is -0.439 e. The summed E-state index contributed by atoms with van der Waals surface area (Å²) in [7, 11) is -2.11. The highest BCUT2D eigenvalue weighted by Crippen LogP contribution is 2.35. The molecule has 1 saturated heterocycles. The third kappa shape index (κ3) is 11.9. The zero-order valence-electron chi connectivity index (χ0n) is 32.7. The highest BCUT2D eigenvalue weighted by Gasteiger charge is 2.47. The van der Waals surface area contributed by atoms with E-state index in [2.05, 4.69) is 15.6 Å². The maximum atomic E-state index is 14.2. The van der Waals surface area contributed by atoms with Crippen LogP contribution in [0, 0.1) is 17.8 Å². The number of alkyl carbamates (subject to hydrolysis) is 1. The molecule has 1 fully saturated rings. The average Bonchev–Trinajstić information content (AvgIpc) is 3.63. The monoisotopic (exact) mass is 816 g/mol. The lowest BCUT2D eigenvalue weighted by molar-refractivity contribution is -0.146. The summed E-state index contributed by atoms with van der Waals surface area (Å²) in [5.74, 6) is -1.77. The van der Waals surface area contributed by atoms with Crippen LogP contribution < -0.4 is 15.4 Å². The molecule has 0 aliphatic carbocycles. The zero-order chi connectivity index (χ0) is 41.3. The van der Waals surface area contributed by atoms with Crippen molar-refractivity contribution in [3.63, 3.8) is 0 Å². The van der Waals surface area contributed by atoms with Gasteiger partial charge in [-0.2, -0.15) is 13.2 Å². The Labute approximate surface area is 326 Å². The third-order valence-corrected chi connectivity index (χ3v) is 12.7. The van der Waals surface area contributed by atoms with Crippen LogP contribution in [0.3, 0.4) is 0 Å². The number of aromatic nitrogens is 1. The van der Waals surface area contributed by atoms with Crippen LogP contribution in [0.15, 0.2) is 35.7 Å². The molecule has 1 aromatic carbocycles. The van der Waals surface area contributed by atoms with Crippen LogP contribution in [0.25, 0.3) is 0 Å². The molecule has 13 nitrogen and oxygen atoms in total. The number of nitrogens with zero attached hydrogens (tertiary/aromatic N) is 3. The molecule has 1 aromatic heterocycles. The van der Waals surface area contributed by atoms with Crippen molar-refractivity contribution >= 4 is 45.1 Å². The summed E-state index contributed by atoms with van der Waals surface area (Å²) < 4.78 is 70.1. The van der Waals surface area contributed by atoms with Crippen LogP contribution >= 0.6 is 11.3 Å². The van der Waals surface area contributed by atoms with E-state index < -0.39 is 63.7 Å². The first-order chi connectivity index (χ1) is 25.6. The maximum Gasteiger partial charge on any atom is 0.511 e. The number of carbonyl (C=O) groups excluding carboxylic acids is 4. The number of benzene rings is 1. The number of amides is 3. The van der Waals surface area contributed by atoms with Crippen molar-refractivity contribution in [2.75, 3.05) is 33.7 Å². The van der Waals surface area contributed by atoms with Crippen molar-refractivity contribution in [3.8, 4) is 0 Å². The van der Waals surface area contributed by atoms with Crippen molar-refractivity contribution < 1.29 is 45.5 Å². The minimum atomic E-state index is -5.68. The highest BCUT2D eigenvalue weighted by molar-refractivity contribution is 7.90. The van der Waals surface area contributed by atoms with E-state index in [-0.39, 0.29) is 60.0 Å². The van der Waals surface area contributed by atoms with E-state index in [1.807, 2.05) is 46.6 Å². The van der Waals surface area contributed by atoms with Gasteiger partial charge in [-0.25, -0.2) is 22.9 Å². The quantitative estimate of drug-likeness (QED) is 0.161. The zero-order valence-corrected chi connectivity index (χ0v) is 34.4. The smallest absolute Gasteiger partial charge is 0.439 e. The van der Waals surface area contributed by atoms with Gasteiger partial charge in [-0.3, -0.25) is 19.3 Å². The fraction of sp³-hybridized carbons (Fsp3) is 0.649. The molecule has 2 aromatic rings. The lowest BCUT2D eigenvalue weighted by Crippen LogP contribution is -2.61. The minimum absolute atomic E-state index is 0.00247. The van der Waals surface area contributed by atoms with E-state index in [1.54, 1.807) is 49.2 Å². The predicted octanol–water partition coefficient (Wildman–Crippen LogP) is 5.30. The van der Waals surface area contributed by atoms with Crippen LogP contribution in [-0.2, 0) is 30.8 Å². The molecule has 0 spiro atoms. The molecule has 3 N–H and O–H groups in total. The highest BCUT2D eigenvalue weighted by atomic mass is 32.2. The number of halogens is 3. The number of sulfonamides is 1. The Morgan fingerprint density at radius 1 is 1.11 bits per heavy atom. The number of ether oxygens (including phenoxy) is 1. The molecule has 2 heterocycles. The molecule has 18 heteroatoms. The number of rotatable bonds is 20. The van der Waals surface area contributed by atoms with E-state index >= 15 is 0 Å². The molecule has 1 aliphatic heterocycles. The van der Waals surface area contributed by atoms with Gasteiger partial charge in [0.25, 0.3) is 5.91 Å². The van der Waals surface area contributed by atoms with E-state index in [9.17, 15) is 40.8 Å². The number of alkyl halides is 3. The molecule has 3 rings (SSSR count). The first-order valence-corrected chi connectivity index (χ1v) is 20.8. The van der Waals surface area contributed by atoms with Crippen LogP contribution in [0.4, 0.5) is 18.0 Å². The standard InChI is InChI=1S/C37H55F3N6O7S2/c1-9-24(5)27(19-31(47)36(6)16-17-45(36)7)34(49)46(8)29(23(3)4)20-30(53-35(50)41-10-2)33-44-28(22-54-33)32(48)43-26(18-25-14-12-11-13-15-25)21-42-55(51,52)37(38,39)40/h11-15,22-24,26-27,29-30,42H,9-10,16-21H2,1-8H3,(H,41,50)(H,43,48)/t24-,26-,27-,29+,30+,36+/m0/s1. The summed E-state index contributed by atoms with van der Waals surface area (Å²) in [6, 6.07) is 6.91. The van der Waals surface area contributed by atoms with Gasteiger partial charge in [-0.1, -0.05) is 64.4 Å². The number of likely N-dealkylation sites (tertiary alicyclic amines) is 1. The van der Waals surface area contributed by atoms with E-state index in [4.69, 9.17) is 4.74 Å². The fourth-order valence-electron chi connectivity index (χ4n) is 6.46. The molecular weight excluding hydrogens is 762 g/mol. The molecular formula is C37H55F3N6O7S2. The molecule has 3 amide bonds. The number of carbonyl (C=O) groups is 4. The van der Waals surface area contributed by atoms with Crippen molar-refractivity contribution in [1.82, 2.24) is 30.1 Å². The lowest BCUT2D eigenvalue weighted by Gasteiger charge is -2.48. The molecule has 0 saturated carbocycles. The fourth-order valence-corrected chi connectivity index (χ4v) is 7.88. The Hall–Kier alpha value is -3.61. The van der Waals surface area contributed by atoms with E-state index in [0.29, 0.717) is 12.0 Å². The van der Waals surface area contributed by atoms with Gasteiger partial charge in [0, 0.05) is 62.9 Å². The SMILES string of the molecule is CCNC(=O)O[C@H](C[C@H](C(C)C)N(C)C(=O)[C@@H](CC(=O)[C@@]1(C)CCN1C)[C@@H](C)CC)c1nc(C(=O)N[C@H](CNS(=O)(=O)C(F)(F)F)Cc2ccccc2)cs1. The molecule has 308 valence electrons. The normalized spacial score (nSPS) is 19.1. The summed E-state index contributed by atoms with van der Waals surface area (Å²) >= 11 is 1.02.